The highest BCUT2D eigenvalue weighted by atomic mass is 15.3. The van der Waals surface area contributed by atoms with Gasteiger partial charge in [0, 0.05) is 19.1 Å². The first-order valence-electron chi connectivity index (χ1n) is 8.51. The number of fused-ring (bicyclic) bond motifs is 2. The van der Waals surface area contributed by atoms with Gasteiger partial charge in [0.1, 0.15) is 11.3 Å². The van der Waals surface area contributed by atoms with E-state index in [2.05, 4.69) is 45.9 Å². The topological polar surface area (TPSA) is 34.0 Å². The number of anilines is 1. The zero-order valence-electron chi connectivity index (χ0n) is 13.4. The molecular formula is C19H20N4. The molecule has 2 aromatic heterocycles. The van der Waals surface area contributed by atoms with Crippen molar-refractivity contribution in [2.75, 3.05) is 11.4 Å². The molecule has 4 nitrogen and oxygen atoms in total. The van der Waals surface area contributed by atoms with Crippen molar-refractivity contribution in [2.45, 2.75) is 38.8 Å². The van der Waals surface area contributed by atoms with Gasteiger partial charge in [-0.05, 0) is 37.8 Å². The lowest BCUT2D eigenvalue weighted by Gasteiger charge is -2.41. The van der Waals surface area contributed by atoms with Crippen LogP contribution in [0.1, 0.15) is 25.1 Å². The number of piperidine rings is 1. The molecule has 2 aliphatic heterocycles. The first-order valence-corrected chi connectivity index (χ1v) is 8.51. The smallest absolute Gasteiger partial charge is 0.157 e. The molecule has 1 aromatic carbocycles. The SMILES string of the molecule is Cc1nc2c3c(cc(-c4ccccc4)n3CC3CCCCN23)n1. The van der Waals surface area contributed by atoms with Crippen molar-refractivity contribution in [3.63, 3.8) is 0 Å². The van der Waals surface area contributed by atoms with Gasteiger partial charge in [-0.1, -0.05) is 30.3 Å². The molecule has 0 N–H and O–H groups in total. The zero-order chi connectivity index (χ0) is 15.4. The van der Waals surface area contributed by atoms with Crippen LogP contribution in [0.4, 0.5) is 5.82 Å². The first-order chi connectivity index (χ1) is 11.3. The fraction of sp³-hybridized carbons (Fsp3) is 0.368. The largest absolute Gasteiger partial charge is 0.350 e. The Morgan fingerprint density at radius 3 is 2.83 bits per heavy atom. The van der Waals surface area contributed by atoms with Gasteiger partial charge >= 0.3 is 0 Å². The molecule has 23 heavy (non-hydrogen) atoms. The Morgan fingerprint density at radius 1 is 1.09 bits per heavy atom. The Hall–Kier alpha value is -2.36. The average Bonchev–Trinajstić information content (AvgIpc) is 2.95. The highest BCUT2D eigenvalue weighted by molar-refractivity contribution is 5.93. The van der Waals surface area contributed by atoms with Crippen molar-refractivity contribution >= 4 is 16.9 Å². The van der Waals surface area contributed by atoms with Crippen LogP contribution in [0.25, 0.3) is 22.3 Å². The molecule has 1 unspecified atom stereocenters. The average molecular weight is 304 g/mol. The quantitative estimate of drug-likeness (QED) is 0.686. The number of aromatic nitrogens is 3. The van der Waals surface area contributed by atoms with Crippen LogP contribution in [0, 0.1) is 6.92 Å². The summed E-state index contributed by atoms with van der Waals surface area (Å²) in [5.74, 6) is 2.01. The molecule has 0 aliphatic carbocycles. The second-order valence-corrected chi connectivity index (χ2v) is 6.68. The third-order valence-electron chi connectivity index (χ3n) is 5.20. The minimum absolute atomic E-state index is 0.573. The fourth-order valence-electron chi connectivity index (χ4n) is 4.18. The molecule has 0 saturated carbocycles. The minimum atomic E-state index is 0.573. The maximum atomic E-state index is 4.82. The van der Waals surface area contributed by atoms with Crippen LogP contribution in [0.2, 0.25) is 0 Å². The third kappa shape index (κ3) is 1.90. The summed E-state index contributed by atoms with van der Waals surface area (Å²) in [6.45, 7) is 4.18. The summed E-state index contributed by atoms with van der Waals surface area (Å²) < 4.78 is 2.45. The summed E-state index contributed by atoms with van der Waals surface area (Å²) in [7, 11) is 0. The third-order valence-corrected chi connectivity index (χ3v) is 5.20. The molecule has 4 heteroatoms. The molecule has 2 aliphatic rings. The van der Waals surface area contributed by atoms with Crippen LogP contribution in [0.5, 0.6) is 0 Å². The van der Waals surface area contributed by atoms with Gasteiger partial charge in [0.05, 0.1) is 11.2 Å². The van der Waals surface area contributed by atoms with E-state index in [0.717, 1.165) is 30.2 Å². The van der Waals surface area contributed by atoms with Crippen molar-refractivity contribution in [3.8, 4) is 11.3 Å². The highest BCUT2D eigenvalue weighted by Crippen LogP contribution is 2.39. The molecule has 1 atom stereocenters. The number of hydrogen-bond acceptors (Lipinski definition) is 3. The van der Waals surface area contributed by atoms with Crippen LogP contribution in [-0.2, 0) is 6.54 Å². The van der Waals surface area contributed by atoms with E-state index in [-0.39, 0.29) is 0 Å². The van der Waals surface area contributed by atoms with Crippen LogP contribution in [0.3, 0.4) is 0 Å². The van der Waals surface area contributed by atoms with Crippen LogP contribution in [-0.4, -0.2) is 27.1 Å². The molecule has 4 heterocycles. The van der Waals surface area contributed by atoms with Crippen LogP contribution in [0.15, 0.2) is 36.4 Å². The molecule has 0 bridgehead atoms. The molecule has 1 fully saturated rings. The predicted molar refractivity (Wildman–Crippen MR) is 92.7 cm³/mol. The Kier molecular flexibility index (Phi) is 2.75. The monoisotopic (exact) mass is 304 g/mol. The number of nitrogens with zero attached hydrogens (tertiary/aromatic N) is 4. The molecule has 0 spiro atoms. The van der Waals surface area contributed by atoms with Crippen LogP contribution < -0.4 is 4.90 Å². The van der Waals surface area contributed by atoms with E-state index in [4.69, 9.17) is 9.97 Å². The lowest BCUT2D eigenvalue weighted by atomic mass is 10.00. The molecule has 3 aromatic rings. The van der Waals surface area contributed by atoms with E-state index in [9.17, 15) is 0 Å². The second-order valence-electron chi connectivity index (χ2n) is 6.68. The normalized spacial score (nSPS) is 19.9. The van der Waals surface area contributed by atoms with Crippen LogP contribution >= 0.6 is 0 Å². The number of benzene rings is 1. The maximum Gasteiger partial charge on any atom is 0.157 e. The van der Waals surface area contributed by atoms with E-state index in [0.29, 0.717) is 6.04 Å². The summed E-state index contributed by atoms with van der Waals surface area (Å²) in [6.07, 6.45) is 3.86. The Labute approximate surface area is 135 Å². The molecular weight excluding hydrogens is 284 g/mol. The fourth-order valence-corrected chi connectivity index (χ4v) is 4.18. The molecule has 0 amide bonds. The predicted octanol–water partition coefficient (Wildman–Crippen LogP) is 3.78. The van der Waals surface area contributed by atoms with Crippen molar-refractivity contribution in [1.82, 2.24) is 14.5 Å². The number of rotatable bonds is 1. The summed E-state index contributed by atoms with van der Waals surface area (Å²) >= 11 is 0. The minimum Gasteiger partial charge on any atom is -0.350 e. The van der Waals surface area contributed by atoms with Crippen molar-refractivity contribution in [3.05, 3.63) is 42.2 Å². The van der Waals surface area contributed by atoms with Crippen molar-refractivity contribution in [2.24, 2.45) is 0 Å². The van der Waals surface area contributed by atoms with Gasteiger partial charge in [0.25, 0.3) is 0 Å². The molecule has 1 saturated heterocycles. The standard InChI is InChI=1S/C19H20N4/c1-13-20-16-11-17(14-7-3-2-4-8-14)23-12-15-9-5-6-10-22(15)19(21-13)18(16)23/h2-4,7-8,11,15H,5-6,9-10,12H2,1H3. The molecule has 5 rings (SSSR count). The Bertz CT molecular complexity index is 881. The van der Waals surface area contributed by atoms with Crippen molar-refractivity contribution in [1.29, 1.82) is 0 Å². The lowest BCUT2D eigenvalue weighted by Crippen LogP contribution is -2.45. The lowest BCUT2D eigenvalue weighted by molar-refractivity contribution is 0.407. The molecule has 116 valence electrons. The van der Waals surface area contributed by atoms with Gasteiger partial charge in [-0.15, -0.1) is 0 Å². The van der Waals surface area contributed by atoms with Crippen molar-refractivity contribution < 1.29 is 0 Å². The van der Waals surface area contributed by atoms with Gasteiger partial charge in [-0.2, -0.15) is 0 Å². The second kappa shape index (κ2) is 4.82. The molecule has 0 radical (unpaired) electrons. The highest BCUT2D eigenvalue weighted by Gasteiger charge is 2.33. The van der Waals surface area contributed by atoms with Gasteiger partial charge < -0.3 is 9.47 Å². The zero-order valence-corrected chi connectivity index (χ0v) is 13.4. The van der Waals surface area contributed by atoms with E-state index < -0.39 is 0 Å². The van der Waals surface area contributed by atoms with Gasteiger partial charge in [0.2, 0.25) is 0 Å². The van der Waals surface area contributed by atoms with Gasteiger partial charge in [0.15, 0.2) is 5.82 Å². The summed E-state index contributed by atoms with van der Waals surface area (Å²) in [4.78, 5) is 12.0. The van der Waals surface area contributed by atoms with E-state index in [1.807, 2.05) is 6.92 Å². The summed E-state index contributed by atoms with van der Waals surface area (Å²) in [6, 6.07) is 13.5. The van der Waals surface area contributed by atoms with E-state index in [1.165, 1.54) is 36.0 Å². The number of aryl methyl sites for hydroxylation is 1. The Balaban J connectivity index is 1.80. The van der Waals surface area contributed by atoms with Gasteiger partial charge in [-0.25, -0.2) is 9.97 Å². The van der Waals surface area contributed by atoms with Gasteiger partial charge in [-0.3, -0.25) is 0 Å². The first kappa shape index (κ1) is 13.1. The number of hydrogen-bond donors (Lipinski definition) is 0. The van der Waals surface area contributed by atoms with E-state index >= 15 is 0 Å². The maximum absolute atomic E-state index is 4.82. The Morgan fingerprint density at radius 2 is 1.96 bits per heavy atom. The summed E-state index contributed by atoms with van der Waals surface area (Å²) in [5, 5.41) is 0. The van der Waals surface area contributed by atoms with E-state index in [1.54, 1.807) is 0 Å². The summed E-state index contributed by atoms with van der Waals surface area (Å²) in [5.41, 5.74) is 4.83.